The minimum Gasteiger partial charge on any atom is -0.346 e. The standard InChI is InChI=1S/C20H18F3N5O2S/c1-2-28-19(12-6-4-3-5-7-12)26-27-20(28)31-11-16(30)24-10-15(29)25-14-9-8-13(21)17(22)18(14)23/h3-9H,2,10-11H2,1H3,(H,24,30)(H,25,29). The van der Waals surface area contributed by atoms with E-state index in [0.29, 0.717) is 23.6 Å². The normalized spacial score (nSPS) is 10.7. The maximum Gasteiger partial charge on any atom is 0.243 e. The van der Waals surface area contributed by atoms with E-state index < -0.39 is 41.5 Å². The molecule has 7 nitrogen and oxygen atoms in total. The van der Waals surface area contributed by atoms with Gasteiger partial charge in [-0.3, -0.25) is 9.59 Å². The predicted octanol–water partition coefficient (Wildman–Crippen LogP) is 3.23. The van der Waals surface area contributed by atoms with Crippen LogP contribution in [0.1, 0.15) is 6.92 Å². The lowest BCUT2D eigenvalue weighted by Gasteiger charge is -2.09. The largest absolute Gasteiger partial charge is 0.346 e. The summed E-state index contributed by atoms with van der Waals surface area (Å²) in [5.74, 6) is -5.16. The maximum absolute atomic E-state index is 13.6. The molecule has 2 aromatic carbocycles. The molecule has 1 heterocycles. The molecule has 11 heteroatoms. The SMILES string of the molecule is CCn1c(SCC(=O)NCC(=O)Nc2ccc(F)c(F)c2F)nnc1-c1ccccc1. The first kappa shape index (κ1) is 22.3. The minimum absolute atomic E-state index is 0.0280. The van der Waals surface area contributed by atoms with Crippen LogP contribution in [0.4, 0.5) is 18.9 Å². The molecular formula is C20H18F3N5O2S. The number of hydrogen-bond acceptors (Lipinski definition) is 5. The van der Waals surface area contributed by atoms with Crippen molar-refractivity contribution in [3.05, 3.63) is 59.9 Å². The average Bonchev–Trinajstić information content (AvgIpc) is 3.20. The smallest absolute Gasteiger partial charge is 0.243 e. The number of nitrogens with one attached hydrogen (secondary N) is 2. The summed E-state index contributed by atoms with van der Waals surface area (Å²) in [6.07, 6.45) is 0. The zero-order chi connectivity index (χ0) is 22.4. The number of hydrogen-bond donors (Lipinski definition) is 2. The molecule has 0 bridgehead atoms. The Balaban J connectivity index is 1.52. The number of rotatable bonds is 8. The van der Waals surface area contributed by atoms with Gasteiger partial charge in [0.05, 0.1) is 18.0 Å². The van der Waals surface area contributed by atoms with Crippen LogP contribution in [-0.4, -0.2) is 38.9 Å². The summed E-state index contributed by atoms with van der Waals surface area (Å²) in [5, 5.41) is 13.3. The highest BCUT2D eigenvalue weighted by Gasteiger charge is 2.17. The van der Waals surface area contributed by atoms with E-state index in [0.717, 1.165) is 23.4 Å². The van der Waals surface area contributed by atoms with E-state index in [1.807, 2.05) is 41.8 Å². The summed E-state index contributed by atoms with van der Waals surface area (Å²) in [5.41, 5.74) is 0.381. The molecule has 2 amide bonds. The Kier molecular flexibility index (Phi) is 7.29. The number of benzene rings is 2. The van der Waals surface area contributed by atoms with Crippen LogP contribution in [0.3, 0.4) is 0 Å². The van der Waals surface area contributed by atoms with Crippen LogP contribution in [0.5, 0.6) is 0 Å². The molecule has 162 valence electrons. The van der Waals surface area contributed by atoms with Gasteiger partial charge in [-0.2, -0.15) is 0 Å². The van der Waals surface area contributed by atoms with Crippen molar-refractivity contribution < 1.29 is 22.8 Å². The highest BCUT2D eigenvalue weighted by Crippen LogP contribution is 2.23. The number of nitrogens with zero attached hydrogens (tertiary/aromatic N) is 3. The Hall–Kier alpha value is -3.34. The lowest BCUT2D eigenvalue weighted by Crippen LogP contribution is -2.34. The molecule has 0 atom stereocenters. The topological polar surface area (TPSA) is 88.9 Å². The average molecular weight is 449 g/mol. The van der Waals surface area contributed by atoms with Crippen LogP contribution < -0.4 is 10.6 Å². The van der Waals surface area contributed by atoms with Gasteiger partial charge in [0.15, 0.2) is 28.4 Å². The first-order chi connectivity index (χ1) is 14.9. The van der Waals surface area contributed by atoms with E-state index in [-0.39, 0.29) is 5.75 Å². The Labute approximate surface area is 180 Å². The molecule has 3 aromatic rings. The van der Waals surface area contributed by atoms with Crippen LogP contribution in [0, 0.1) is 17.5 Å². The van der Waals surface area contributed by atoms with Crippen LogP contribution in [-0.2, 0) is 16.1 Å². The van der Waals surface area contributed by atoms with Crippen molar-refractivity contribution in [2.24, 2.45) is 0 Å². The Morgan fingerprint density at radius 3 is 2.45 bits per heavy atom. The molecule has 2 N–H and O–H groups in total. The van der Waals surface area contributed by atoms with E-state index in [2.05, 4.69) is 20.8 Å². The molecule has 0 radical (unpaired) electrons. The van der Waals surface area contributed by atoms with Crippen molar-refractivity contribution in [2.75, 3.05) is 17.6 Å². The summed E-state index contributed by atoms with van der Waals surface area (Å²) < 4.78 is 41.6. The van der Waals surface area contributed by atoms with Gasteiger partial charge in [-0.1, -0.05) is 42.1 Å². The van der Waals surface area contributed by atoms with E-state index in [4.69, 9.17) is 0 Å². The van der Waals surface area contributed by atoms with Crippen LogP contribution in [0.25, 0.3) is 11.4 Å². The van der Waals surface area contributed by atoms with Crippen molar-refractivity contribution >= 4 is 29.3 Å². The van der Waals surface area contributed by atoms with Gasteiger partial charge in [0, 0.05) is 12.1 Å². The molecule has 0 unspecified atom stereocenters. The van der Waals surface area contributed by atoms with Crippen molar-refractivity contribution in [3.63, 3.8) is 0 Å². The summed E-state index contributed by atoms with van der Waals surface area (Å²) in [4.78, 5) is 23.9. The fourth-order valence-corrected chi connectivity index (χ4v) is 3.49. The number of anilines is 1. The Morgan fingerprint density at radius 2 is 1.74 bits per heavy atom. The fraction of sp³-hybridized carbons (Fsp3) is 0.200. The van der Waals surface area contributed by atoms with E-state index in [9.17, 15) is 22.8 Å². The fourth-order valence-electron chi connectivity index (χ4n) is 2.66. The molecule has 0 aliphatic carbocycles. The quantitative estimate of drug-likeness (QED) is 0.407. The van der Waals surface area contributed by atoms with Crippen molar-refractivity contribution in [1.29, 1.82) is 0 Å². The molecule has 0 fully saturated rings. The number of aromatic nitrogens is 3. The molecule has 3 rings (SSSR count). The van der Waals surface area contributed by atoms with Gasteiger partial charge in [-0.25, -0.2) is 13.2 Å². The molecular weight excluding hydrogens is 431 g/mol. The summed E-state index contributed by atoms with van der Waals surface area (Å²) in [6, 6.07) is 11.1. The highest BCUT2D eigenvalue weighted by molar-refractivity contribution is 7.99. The predicted molar refractivity (Wildman–Crippen MR) is 110 cm³/mol. The zero-order valence-electron chi connectivity index (χ0n) is 16.4. The summed E-state index contributed by atoms with van der Waals surface area (Å²) >= 11 is 1.15. The van der Waals surface area contributed by atoms with Gasteiger partial charge in [0.2, 0.25) is 11.8 Å². The number of carbonyl (C=O) groups is 2. The monoisotopic (exact) mass is 449 g/mol. The van der Waals surface area contributed by atoms with Crippen molar-refractivity contribution in [1.82, 2.24) is 20.1 Å². The second kappa shape index (κ2) is 10.1. The molecule has 0 aliphatic heterocycles. The van der Waals surface area contributed by atoms with Gasteiger partial charge < -0.3 is 15.2 Å². The van der Waals surface area contributed by atoms with E-state index >= 15 is 0 Å². The second-order valence-electron chi connectivity index (χ2n) is 6.25. The van der Waals surface area contributed by atoms with Crippen LogP contribution >= 0.6 is 11.8 Å². The zero-order valence-corrected chi connectivity index (χ0v) is 17.2. The number of halogens is 3. The molecule has 0 spiro atoms. The van der Waals surface area contributed by atoms with Crippen LogP contribution in [0.2, 0.25) is 0 Å². The third-order valence-corrected chi connectivity index (χ3v) is 5.12. The highest BCUT2D eigenvalue weighted by atomic mass is 32.2. The maximum atomic E-state index is 13.6. The van der Waals surface area contributed by atoms with Gasteiger partial charge >= 0.3 is 0 Å². The van der Waals surface area contributed by atoms with Crippen molar-refractivity contribution in [3.8, 4) is 11.4 Å². The van der Waals surface area contributed by atoms with Crippen molar-refractivity contribution in [2.45, 2.75) is 18.6 Å². The summed E-state index contributed by atoms with van der Waals surface area (Å²) in [7, 11) is 0. The Bertz CT molecular complexity index is 1090. The molecule has 0 saturated carbocycles. The Morgan fingerprint density at radius 1 is 1.00 bits per heavy atom. The lowest BCUT2D eigenvalue weighted by molar-refractivity contribution is -0.122. The van der Waals surface area contributed by atoms with Gasteiger partial charge in [-0.15, -0.1) is 10.2 Å². The third kappa shape index (κ3) is 5.43. The summed E-state index contributed by atoms with van der Waals surface area (Å²) in [6.45, 7) is 2.07. The van der Waals surface area contributed by atoms with E-state index in [1.165, 1.54) is 0 Å². The first-order valence-electron chi connectivity index (χ1n) is 9.22. The molecule has 0 saturated heterocycles. The minimum atomic E-state index is -1.69. The van der Waals surface area contributed by atoms with Gasteiger partial charge in [-0.05, 0) is 19.1 Å². The van der Waals surface area contributed by atoms with Gasteiger partial charge in [0.1, 0.15) is 0 Å². The molecule has 1 aromatic heterocycles. The number of thioether (sulfide) groups is 1. The number of carbonyl (C=O) groups excluding carboxylic acids is 2. The second-order valence-corrected chi connectivity index (χ2v) is 7.20. The molecule has 0 aliphatic rings. The molecule has 31 heavy (non-hydrogen) atoms. The number of amides is 2. The van der Waals surface area contributed by atoms with Crippen LogP contribution in [0.15, 0.2) is 47.6 Å². The third-order valence-electron chi connectivity index (χ3n) is 4.15. The van der Waals surface area contributed by atoms with Gasteiger partial charge in [0.25, 0.3) is 0 Å². The van der Waals surface area contributed by atoms with E-state index in [1.54, 1.807) is 0 Å². The lowest BCUT2D eigenvalue weighted by atomic mass is 10.2. The first-order valence-corrected chi connectivity index (χ1v) is 10.2.